The van der Waals surface area contributed by atoms with Gasteiger partial charge >= 0.3 is 0 Å². The predicted octanol–water partition coefficient (Wildman–Crippen LogP) is 4.60. The second-order valence-corrected chi connectivity index (χ2v) is 9.49. The number of Topliss-reactive ketones (excluding diaryl/α,β-unsaturated/α-hetero) is 1. The lowest BCUT2D eigenvalue weighted by molar-refractivity contribution is -0.139. The van der Waals surface area contributed by atoms with Crippen LogP contribution in [0, 0.1) is 0 Å². The van der Waals surface area contributed by atoms with Crippen LogP contribution in [0.3, 0.4) is 0 Å². The number of aliphatic hydroxyl groups excluding tert-OH is 1. The van der Waals surface area contributed by atoms with Gasteiger partial charge in [-0.1, -0.05) is 30.3 Å². The first-order valence-electron chi connectivity index (χ1n) is 11.7. The van der Waals surface area contributed by atoms with Crippen LogP contribution >= 0.6 is 15.9 Å². The molecule has 1 unspecified atom stereocenters. The van der Waals surface area contributed by atoms with E-state index in [4.69, 9.17) is 14.2 Å². The maximum absolute atomic E-state index is 13.4. The summed E-state index contributed by atoms with van der Waals surface area (Å²) in [5.74, 6) is -0.812. The number of rotatable bonds is 6. The number of ether oxygens (including phenoxy) is 3. The summed E-state index contributed by atoms with van der Waals surface area (Å²) >= 11 is 3.33. The number of methoxy groups -OCH3 is 1. The minimum Gasteiger partial charge on any atom is -0.507 e. The third kappa shape index (κ3) is 4.62. The van der Waals surface area contributed by atoms with Crippen molar-refractivity contribution in [2.45, 2.75) is 12.5 Å². The number of phenolic OH excluding ortho intramolecular Hbond substituents is 1. The van der Waals surface area contributed by atoms with E-state index in [1.165, 1.54) is 12.0 Å². The van der Waals surface area contributed by atoms with Gasteiger partial charge in [0, 0.05) is 12.1 Å². The zero-order valence-corrected chi connectivity index (χ0v) is 21.5. The number of aromatic hydroxyl groups is 1. The molecule has 0 spiro atoms. The van der Waals surface area contributed by atoms with Gasteiger partial charge < -0.3 is 29.3 Å². The molecule has 1 amide bonds. The molecule has 3 aromatic carbocycles. The number of likely N-dealkylation sites (tertiary alicyclic amines) is 1. The Morgan fingerprint density at radius 1 is 1.05 bits per heavy atom. The summed E-state index contributed by atoms with van der Waals surface area (Å²) in [7, 11) is 1.41. The number of aliphatic hydroxyl groups is 1. The molecule has 3 aromatic rings. The quantitative estimate of drug-likeness (QED) is 0.255. The van der Waals surface area contributed by atoms with Gasteiger partial charge in [0.15, 0.2) is 23.0 Å². The van der Waals surface area contributed by atoms with E-state index in [2.05, 4.69) is 15.9 Å². The van der Waals surface area contributed by atoms with E-state index in [1.807, 2.05) is 30.3 Å². The first kappa shape index (κ1) is 24.7. The lowest BCUT2D eigenvalue weighted by atomic mass is 9.94. The number of benzene rings is 3. The highest BCUT2D eigenvalue weighted by atomic mass is 79.9. The van der Waals surface area contributed by atoms with Crippen molar-refractivity contribution < 1.29 is 34.0 Å². The van der Waals surface area contributed by atoms with E-state index in [-0.39, 0.29) is 29.4 Å². The molecule has 1 saturated heterocycles. The summed E-state index contributed by atoms with van der Waals surface area (Å²) in [5.41, 5.74) is 1.75. The number of amides is 1. The molecular weight excluding hydrogens is 542 g/mol. The highest BCUT2D eigenvalue weighted by molar-refractivity contribution is 9.10. The lowest BCUT2D eigenvalue weighted by Gasteiger charge is -2.26. The van der Waals surface area contributed by atoms with Crippen LogP contribution in [0.2, 0.25) is 0 Å². The number of carbonyl (C=O) groups is 2. The molecule has 5 rings (SSSR count). The van der Waals surface area contributed by atoms with Crippen LogP contribution in [0.5, 0.6) is 23.0 Å². The molecule has 2 N–H and O–H groups in total. The third-order valence-electron chi connectivity index (χ3n) is 6.43. The molecule has 0 radical (unpaired) electrons. The smallest absolute Gasteiger partial charge is 0.295 e. The van der Waals surface area contributed by atoms with Crippen molar-refractivity contribution in [2.75, 3.05) is 26.9 Å². The van der Waals surface area contributed by atoms with Gasteiger partial charge in [-0.15, -0.1) is 0 Å². The molecule has 9 heteroatoms. The Morgan fingerprint density at radius 3 is 2.51 bits per heavy atom. The number of hydrogen-bond acceptors (Lipinski definition) is 7. The van der Waals surface area contributed by atoms with E-state index < -0.39 is 17.7 Å². The van der Waals surface area contributed by atoms with Crippen molar-refractivity contribution in [2.24, 2.45) is 0 Å². The lowest BCUT2D eigenvalue weighted by Crippen LogP contribution is -2.31. The molecule has 37 heavy (non-hydrogen) atoms. The molecule has 2 heterocycles. The molecule has 0 bridgehead atoms. The number of nitrogens with zero attached hydrogens (tertiary/aromatic N) is 1. The minimum atomic E-state index is -0.914. The summed E-state index contributed by atoms with van der Waals surface area (Å²) < 4.78 is 16.8. The Balaban J connectivity index is 1.63. The fourth-order valence-corrected chi connectivity index (χ4v) is 5.06. The third-order valence-corrected chi connectivity index (χ3v) is 7.03. The van der Waals surface area contributed by atoms with Crippen molar-refractivity contribution in [3.05, 3.63) is 87.4 Å². The van der Waals surface area contributed by atoms with Crippen molar-refractivity contribution in [3.63, 3.8) is 0 Å². The fourth-order valence-electron chi connectivity index (χ4n) is 4.60. The number of halogens is 1. The van der Waals surface area contributed by atoms with Gasteiger partial charge in [0.2, 0.25) is 0 Å². The van der Waals surface area contributed by atoms with Crippen LogP contribution in [-0.2, 0) is 16.0 Å². The average molecular weight is 566 g/mol. The van der Waals surface area contributed by atoms with Gasteiger partial charge in [0.1, 0.15) is 19.0 Å². The highest BCUT2D eigenvalue weighted by Crippen LogP contribution is 2.45. The van der Waals surface area contributed by atoms with E-state index >= 15 is 0 Å². The van der Waals surface area contributed by atoms with Crippen molar-refractivity contribution in [1.29, 1.82) is 0 Å². The summed E-state index contributed by atoms with van der Waals surface area (Å²) in [6.45, 7) is 1.02. The van der Waals surface area contributed by atoms with Crippen LogP contribution < -0.4 is 14.2 Å². The van der Waals surface area contributed by atoms with Gasteiger partial charge in [-0.2, -0.15) is 0 Å². The van der Waals surface area contributed by atoms with Crippen LogP contribution in [-0.4, -0.2) is 53.7 Å². The van der Waals surface area contributed by atoms with Crippen LogP contribution in [0.15, 0.2) is 70.7 Å². The molecule has 1 atom stereocenters. The Labute approximate surface area is 221 Å². The summed E-state index contributed by atoms with van der Waals surface area (Å²) in [5, 5.41) is 21.7. The summed E-state index contributed by atoms with van der Waals surface area (Å²) in [6, 6.07) is 16.7. The molecule has 1 fully saturated rings. The summed E-state index contributed by atoms with van der Waals surface area (Å²) in [6.07, 6.45) is 0.505. The van der Waals surface area contributed by atoms with E-state index in [1.54, 1.807) is 30.3 Å². The SMILES string of the molecule is COc1cc(C2/C(=C(/O)c3ccc4c(c3)OCCO4)C(=O)C(=O)N2CCc2ccccc2)cc(Br)c1O. The number of ketones is 1. The minimum absolute atomic E-state index is 0.0608. The Kier molecular flexibility index (Phi) is 6.80. The Bertz CT molecular complexity index is 1400. The number of hydrogen-bond donors (Lipinski definition) is 2. The van der Waals surface area contributed by atoms with Gasteiger partial charge in [-0.05, 0) is 63.8 Å². The predicted molar refractivity (Wildman–Crippen MR) is 139 cm³/mol. The number of carbonyl (C=O) groups excluding carboxylic acids is 2. The molecule has 0 aliphatic carbocycles. The van der Waals surface area contributed by atoms with Gasteiger partial charge in [-0.3, -0.25) is 9.59 Å². The van der Waals surface area contributed by atoms with Crippen molar-refractivity contribution >= 4 is 33.4 Å². The monoisotopic (exact) mass is 565 g/mol. The summed E-state index contributed by atoms with van der Waals surface area (Å²) in [4.78, 5) is 28.1. The van der Waals surface area contributed by atoms with Crippen LogP contribution in [0.1, 0.15) is 22.7 Å². The molecular formula is C28H24BrNO7. The normalized spacial score (nSPS) is 18.2. The second kappa shape index (κ2) is 10.2. The molecule has 8 nitrogen and oxygen atoms in total. The van der Waals surface area contributed by atoms with Crippen molar-refractivity contribution in [3.8, 4) is 23.0 Å². The molecule has 0 saturated carbocycles. The molecule has 2 aliphatic heterocycles. The van der Waals surface area contributed by atoms with Gasteiger partial charge in [-0.25, -0.2) is 0 Å². The van der Waals surface area contributed by atoms with E-state index in [9.17, 15) is 19.8 Å². The average Bonchev–Trinajstić information content (AvgIpc) is 3.18. The molecule has 0 aromatic heterocycles. The van der Waals surface area contributed by atoms with E-state index in [0.717, 1.165) is 5.56 Å². The first-order valence-corrected chi connectivity index (χ1v) is 12.5. The van der Waals surface area contributed by atoms with Crippen molar-refractivity contribution in [1.82, 2.24) is 4.90 Å². The maximum Gasteiger partial charge on any atom is 0.295 e. The Hall–Kier alpha value is -3.98. The second-order valence-electron chi connectivity index (χ2n) is 8.64. The standard InChI is InChI=1S/C28H24BrNO7/c1-35-22-15-18(13-19(29)26(22)32)24-23(25(31)17-7-8-20-21(14-17)37-12-11-36-20)27(33)28(34)30(24)10-9-16-5-3-2-4-6-16/h2-8,13-15,24,31-32H,9-12H2,1H3/b25-23-. The van der Waals surface area contributed by atoms with Crippen LogP contribution in [0.4, 0.5) is 0 Å². The van der Waals surface area contributed by atoms with Gasteiger partial charge in [0.05, 0.1) is 23.2 Å². The number of phenols is 1. The Morgan fingerprint density at radius 2 is 1.78 bits per heavy atom. The fraction of sp³-hybridized carbons (Fsp3) is 0.214. The maximum atomic E-state index is 13.4. The topological polar surface area (TPSA) is 106 Å². The molecule has 2 aliphatic rings. The van der Waals surface area contributed by atoms with Gasteiger partial charge in [0.25, 0.3) is 11.7 Å². The molecule has 190 valence electrons. The highest BCUT2D eigenvalue weighted by Gasteiger charge is 2.46. The largest absolute Gasteiger partial charge is 0.507 e. The zero-order chi connectivity index (χ0) is 26.1. The first-order chi connectivity index (χ1) is 17.9. The van der Waals surface area contributed by atoms with Crippen LogP contribution in [0.25, 0.3) is 5.76 Å². The number of fused-ring (bicyclic) bond motifs is 1. The zero-order valence-electron chi connectivity index (χ0n) is 19.9. The van der Waals surface area contributed by atoms with E-state index in [0.29, 0.717) is 46.7 Å².